The van der Waals surface area contributed by atoms with E-state index in [4.69, 9.17) is 0 Å². The molecule has 3 aliphatic rings. The van der Waals surface area contributed by atoms with E-state index in [-0.39, 0.29) is 5.92 Å². The lowest BCUT2D eigenvalue weighted by atomic mass is 9.46. The van der Waals surface area contributed by atoms with Crippen molar-refractivity contribution in [2.45, 2.75) is 17.3 Å². The lowest BCUT2D eigenvalue weighted by molar-refractivity contribution is 0.314. The Kier molecular flexibility index (Phi) is 2.39. The van der Waals surface area contributed by atoms with Crippen LogP contribution < -0.4 is 0 Å². The summed E-state index contributed by atoms with van der Waals surface area (Å²) in [7, 11) is 0. The van der Waals surface area contributed by atoms with Crippen LogP contribution in [0.3, 0.4) is 0 Å². The van der Waals surface area contributed by atoms with Gasteiger partial charge in [-0.3, -0.25) is 0 Å². The third-order valence-electron chi connectivity index (χ3n) is 5.36. The molecule has 3 aliphatic carbocycles. The van der Waals surface area contributed by atoms with E-state index in [0.29, 0.717) is 6.42 Å². The van der Waals surface area contributed by atoms with Crippen LogP contribution in [0, 0.1) is 28.6 Å². The van der Waals surface area contributed by atoms with Crippen LogP contribution in [0.25, 0.3) is 0 Å². The van der Waals surface area contributed by atoms with Gasteiger partial charge in [0.2, 0.25) is 0 Å². The zero-order chi connectivity index (χ0) is 15.4. The van der Waals surface area contributed by atoms with Crippen LogP contribution in [0.5, 0.6) is 0 Å². The van der Waals surface area contributed by atoms with Gasteiger partial charge in [-0.25, -0.2) is 0 Å². The van der Waals surface area contributed by atoms with E-state index in [1.807, 2.05) is 54.6 Å². The number of fused-ring (bicyclic) bond motifs is 1. The van der Waals surface area contributed by atoms with Gasteiger partial charge < -0.3 is 0 Å². The summed E-state index contributed by atoms with van der Waals surface area (Å²) in [6.45, 7) is 3.95. The normalized spacial score (nSPS) is 30.5. The molecule has 0 aliphatic heterocycles. The number of nitrogens with zero attached hydrogens (tertiary/aromatic N) is 2. The van der Waals surface area contributed by atoms with Crippen molar-refractivity contribution >= 4 is 0 Å². The minimum absolute atomic E-state index is 0.0537. The Morgan fingerprint density at radius 1 is 0.909 bits per heavy atom. The van der Waals surface area contributed by atoms with Crippen LogP contribution in [0.15, 0.2) is 61.2 Å². The number of benzene rings is 2. The van der Waals surface area contributed by atoms with E-state index in [9.17, 15) is 10.5 Å². The van der Waals surface area contributed by atoms with Crippen molar-refractivity contribution in [1.82, 2.24) is 0 Å². The second-order valence-electron chi connectivity index (χ2n) is 6.07. The van der Waals surface area contributed by atoms with Crippen LogP contribution in [0.2, 0.25) is 0 Å². The van der Waals surface area contributed by atoms with Crippen LogP contribution >= 0.6 is 0 Å². The van der Waals surface area contributed by atoms with Crippen molar-refractivity contribution in [1.29, 1.82) is 10.5 Å². The van der Waals surface area contributed by atoms with Gasteiger partial charge in [0.25, 0.3) is 0 Å². The number of nitriles is 2. The first-order valence-electron chi connectivity index (χ1n) is 7.39. The largest absolute Gasteiger partial charge is 0.197 e. The predicted molar refractivity (Wildman–Crippen MR) is 84.0 cm³/mol. The van der Waals surface area contributed by atoms with Crippen LogP contribution in [0.1, 0.15) is 28.7 Å². The molecule has 2 bridgehead atoms. The van der Waals surface area contributed by atoms with Gasteiger partial charge in [-0.1, -0.05) is 54.6 Å². The van der Waals surface area contributed by atoms with Crippen molar-refractivity contribution in [2.24, 2.45) is 5.92 Å². The van der Waals surface area contributed by atoms with Crippen molar-refractivity contribution < 1.29 is 0 Å². The van der Waals surface area contributed by atoms with Gasteiger partial charge >= 0.3 is 0 Å². The highest BCUT2D eigenvalue weighted by atomic mass is 14.6. The summed E-state index contributed by atoms with van der Waals surface area (Å²) in [5, 5.41) is 20.2. The molecule has 104 valence electrons. The van der Waals surface area contributed by atoms with Gasteiger partial charge in [0, 0.05) is 5.92 Å². The van der Waals surface area contributed by atoms with Gasteiger partial charge in [-0.05, 0) is 28.7 Å². The fourth-order valence-electron chi connectivity index (χ4n) is 4.42. The first-order valence-corrected chi connectivity index (χ1v) is 7.39. The molecule has 0 spiro atoms. The second-order valence-corrected chi connectivity index (χ2v) is 6.07. The zero-order valence-electron chi connectivity index (χ0n) is 12.1. The Balaban J connectivity index is 2.24. The standard InChI is InChI=1S/C20H14N2/c1-2-14-11-19(12-21)15-7-3-5-9-17(15)20(14,13-22)18-10-6-4-8-16(18)19/h2-10,14H,1,11H2/t14-,19?,20?/m1/s1. The Bertz CT molecular complexity index is 832. The van der Waals surface area contributed by atoms with Gasteiger partial charge in [0.05, 0.1) is 12.1 Å². The van der Waals surface area contributed by atoms with Gasteiger partial charge in [-0.2, -0.15) is 10.5 Å². The van der Waals surface area contributed by atoms with Gasteiger partial charge in [-0.15, -0.1) is 6.58 Å². The lowest BCUT2D eigenvalue weighted by Crippen LogP contribution is -2.52. The Labute approximate surface area is 129 Å². The first kappa shape index (κ1) is 12.9. The molecule has 2 aromatic rings. The number of hydrogen-bond donors (Lipinski definition) is 0. The number of hydrogen-bond acceptors (Lipinski definition) is 2. The second kappa shape index (κ2) is 4.09. The summed E-state index contributed by atoms with van der Waals surface area (Å²) in [4.78, 5) is 0. The third kappa shape index (κ3) is 1.16. The minimum Gasteiger partial charge on any atom is -0.197 e. The van der Waals surface area contributed by atoms with Crippen LogP contribution in [-0.2, 0) is 10.8 Å². The zero-order valence-corrected chi connectivity index (χ0v) is 12.1. The Hall–Kier alpha value is -2.84. The molecule has 0 saturated heterocycles. The molecule has 0 N–H and O–H groups in total. The smallest absolute Gasteiger partial charge is 0.114 e. The minimum atomic E-state index is -0.729. The maximum atomic E-state index is 10.1. The number of allylic oxidation sites excluding steroid dienone is 1. The molecule has 0 radical (unpaired) electrons. The fourth-order valence-corrected chi connectivity index (χ4v) is 4.42. The van der Waals surface area contributed by atoms with E-state index < -0.39 is 10.8 Å². The van der Waals surface area contributed by atoms with Crippen molar-refractivity contribution in [3.05, 3.63) is 83.4 Å². The molecule has 0 fully saturated rings. The summed E-state index contributed by atoms with van der Waals surface area (Å²) < 4.78 is 0. The molecule has 0 heterocycles. The lowest BCUT2D eigenvalue weighted by Gasteiger charge is -2.53. The fraction of sp³-hybridized carbons (Fsp3) is 0.200. The molecule has 22 heavy (non-hydrogen) atoms. The SMILES string of the molecule is C=C[C@@H]1CC2(C#N)c3ccccc3C1(C#N)c1ccccc12. The molecular formula is C20H14N2. The molecule has 0 aromatic heterocycles. The molecule has 2 heteroatoms. The maximum Gasteiger partial charge on any atom is 0.114 e. The quantitative estimate of drug-likeness (QED) is 0.746. The Morgan fingerprint density at radius 2 is 1.41 bits per heavy atom. The first-order chi connectivity index (χ1) is 10.7. The monoisotopic (exact) mass is 282 g/mol. The van der Waals surface area contributed by atoms with E-state index in [2.05, 4.69) is 18.7 Å². The molecule has 5 rings (SSSR count). The maximum absolute atomic E-state index is 10.1. The van der Waals surface area contributed by atoms with Gasteiger partial charge in [0.1, 0.15) is 10.8 Å². The van der Waals surface area contributed by atoms with Crippen molar-refractivity contribution in [3.63, 3.8) is 0 Å². The average molecular weight is 282 g/mol. The molecular weight excluding hydrogens is 268 g/mol. The van der Waals surface area contributed by atoms with Crippen LogP contribution in [-0.4, -0.2) is 0 Å². The van der Waals surface area contributed by atoms with E-state index >= 15 is 0 Å². The molecule has 0 amide bonds. The summed E-state index contributed by atoms with van der Waals surface area (Å²) in [5.41, 5.74) is 2.49. The third-order valence-corrected chi connectivity index (χ3v) is 5.36. The molecule has 2 aromatic carbocycles. The number of rotatable bonds is 1. The highest BCUT2D eigenvalue weighted by Gasteiger charge is 2.60. The molecule has 0 saturated carbocycles. The van der Waals surface area contributed by atoms with Crippen molar-refractivity contribution in [3.8, 4) is 12.1 Å². The van der Waals surface area contributed by atoms with Gasteiger partial charge in [0.15, 0.2) is 0 Å². The topological polar surface area (TPSA) is 47.6 Å². The molecule has 2 nitrogen and oxygen atoms in total. The van der Waals surface area contributed by atoms with Crippen LogP contribution in [0.4, 0.5) is 0 Å². The summed E-state index contributed by atoms with van der Waals surface area (Å²) in [5.74, 6) is -0.0537. The van der Waals surface area contributed by atoms with E-state index in [0.717, 1.165) is 22.3 Å². The predicted octanol–water partition coefficient (Wildman–Crippen LogP) is 3.83. The summed E-state index contributed by atoms with van der Waals surface area (Å²) in [6, 6.07) is 20.9. The van der Waals surface area contributed by atoms with E-state index in [1.54, 1.807) is 0 Å². The van der Waals surface area contributed by atoms with Crippen molar-refractivity contribution in [2.75, 3.05) is 0 Å². The summed E-state index contributed by atoms with van der Waals surface area (Å²) >= 11 is 0. The highest BCUT2D eigenvalue weighted by Crippen LogP contribution is 2.61. The summed E-state index contributed by atoms with van der Waals surface area (Å²) in [6.07, 6.45) is 2.47. The highest BCUT2D eigenvalue weighted by molar-refractivity contribution is 5.69. The molecule has 1 atom stereocenters. The molecule has 0 unspecified atom stereocenters. The average Bonchev–Trinajstić information content (AvgIpc) is 2.61. The Morgan fingerprint density at radius 3 is 1.82 bits per heavy atom. The van der Waals surface area contributed by atoms with E-state index in [1.165, 1.54) is 0 Å².